The Morgan fingerprint density at radius 2 is 2.00 bits per heavy atom. The number of nitrogens with zero attached hydrogens (tertiary/aromatic N) is 3. The molecule has 3 heterocycles. The van der Waals surface area contributed by atoms with E-state index in [1.54, 1.807) is 13.0 Å². The number of carbonyl (C=O) groups is 3. The second-order valence-corrected chi connectivity index (χ2v) is 8.36. The van der Waals surface area contributed by atoms with Gasteiger partial charge in [-0.3, -0.25) is 19.4 Å². The zero-order chi connectivity index (χ0) is 25.0. The summed E-state index contributed by atoms with van der Waals surface area (Å²) in [6.45, 7) is 3.61. The van der Waals surface area contributed by atoms with Gasteiger partial charge >= 0.3 is 0 Å². The van der Waals surface area contributed by atoms with Gasteiger partial charge < -0.3 is 20.3 Å². The van der Waals surface area contributed by atoms with E-state index in [9.17, 15) is 23.2 Å². The van der Waals surface area contributed by atoms with Crippen LogP contribution in [0, 0.1) is 0 Å². The van der Waals surface area contributed by atoms with Gasteiger partial charge in [-0.05, 0) is 24.6 Å². The molecule has 0 aromatic carbocycles. The van der Waals surface area contributed by atoms with Gasteiger partial charge in [0.05, 0.1) is 6.04 Å². The van der Waals surface area contributed by atoms with Gasteiger partial charge in [-0.15, -0.1) is 0 Å². The van der Waals surface area contributed by atoms with Crippen LogP contribution in [0.25, 0.3) is 0 Å². The zero-order valence-corrected chi connectivity index (χ0v) is 19.6. The number of amides is 3. The molecule has 2 aromatic rings. The first-order valence-electron chi connectivity index (χ1n) is 10.5. The minimum atomic E-state index is -3.04. The molecule has 1 atom stereocenters. The summed E-state index contributed by atoms with van der Waals surface area (Å²) < 4.78 is 31.1. The van der Waals surface area contributed by atoms with E-state index in [0.29, 0.717) is 16.7 Å². The number of rotatable bonds is 9. The summed E-state index contributed by atoms with van der Waals surface area (Å²) in [6, 6.07) is 2.57. The molecule has 9 nitrogen and oxygen atoms in total. The molecular weight excluding hydrogens is 472 g/mol. The van der Waals surface area contributed by atoms with Crippen LogP contribution in [-0.4, -0.2) is 58.2 Å². The van der Waals surface area contributed by atoms with Gasteiger partial charge in [-0.1, -0.05) is 11.6 Å². The van der Waals surface area contributed by atoms with E-state index >= 15 is 0 Å². The first-order chi connectivity index (χ1) is 16.0. The highest BCUT2D eigenvalue weighted by Crippen LogP contribution is 2.34. The maximum atomic E-state index is 13.0. The first kappa shape index (κ1) is 25.3. The summed E-state index contributed by atoms with van der Waals surface area (Å²) >= 11 is 6.16. The molecule has 0 aliphatic carbocycles. The second kappa shape index (κ2) is 10.3. The topological polar surface area (TPSA) is 114 Å². The van der Waals surface area contributed by atoms with Gasteiger partial charge in [0, 0.05) is 57.0 Å². The smallest absolute Gasteiger partial charge is 0.278 e. The lowest BCUT2D eigenvalue weighted by Gasteiger charge is -2.25. The largest absolute Gasteiger partial charge is 0.470 e. The number of halogens is 3. The number of aromatic nitrogens is 2. The Kier molecular flexibility index (Phi) is 7.65. The fourth-order valence-corrected chi connectivity index (χ4v) is 3.64. The molecule has 3 amide bonds. The Labute approximate surface area is 199 Å². The van der Waals surface area contributed by atoms with Gasteiger partial charge in [-0.25, -0.2) is 13.8 Å². The summed E-state index contributed by atoms with van der Waals surface area (Å²) in [6.07, 6.45) is 2.80. The third kappa shape index (κ3) is 5.96. The lowest BCUT2D eigenvalue weighted by atomic mass is 10.1. The normalized spacial score (nSPS) is 13.9. The SMILES string of the molecule is CC(=O)NCCNC(=O)c1nccc2c1CN(C(C)c1cnc(OCC(C)(F)F)c(Cl)c1)C2=O. The van der Waals surface area contributed by atoms with Crippen LogP contribution in [0.2, 0.25) is 5.02 Å². The predicted octanol–water partition coefficient (Wildman–Crippen LogP) is 2.75. The highest BCUT2D eigenvalue weighted by molar-refractivity contribution is 6.31. The van der Waals surface area contributed by atoms with Gasteiger partial charge in [0.15, 0.2) is 6.61 Å². The highest BCUT2D eigenvalue weighted by Gasteiger charge is 2.35. The van der Waals surface area contributed by atoms with E-state index in [1.807, 2.05) is 0 Å². The zero-order valence-electron chi connectivity index (χ0n) is 18.8. The van der Waals surface area contributed by atoms with Crippen LogP contribution < -0.4 is 15.4 Å². The van der Waals surface area contributed by atoms with Crippen molar-refractivity contribution >= 4 is 29.3 Å². The summed E-state index contributed by atoms with van der Waals surface area (Å²) in [7, 11) is 0. The fourth-order valence-electron chi connectivity index (χ4n) is 3.41. The third-order valence-electron chi connectivity index (χ3n) is 5.12. The predicted molar refractivity (Wildman–Crippen MR) is 119 cm³/mol. The number of hydrogen-bond donors (Lipinski definition) is 2. The fraction of sp³-hybridized carbons (Fsp3) is 0.409. The van der Waals surface area contributed by atoms with Crippen molar-refractivity contribution in [3.05, 3.63) is 51.9 Å². The molecule has 2 N–H and O–H groups in total. The van der Waals surface area contributed by atoms with Gasteiger partial charge in [0.2, 0.25) is 11.8 Å². The molecule has 3 rings (SSSR count). The number of hydrogen-bond acceptors (Lipinski definition) is 6. The van der Waals surface area contributed by atoms with Crippen molar-refractivity contribution in [1.82, 2.24) is 25.5 Å². The summed E-state index contributed by atoms with van der Waals surface area (Å²) in [5, 5.41) is 5.29. The van der Waals surface area contributed by atoms with Crippen LogP contribution >= 0.6 is 11.6 Å². The van der Waals surface area contributed by atoms with Crippen LogP contribution in [0.1, 0.15) is 58.8 Å². The van der Waals surface area contributed by atoms with Crippen LogP contribution in [0.4, 0.5) is 8.78 Å². The lowest BCUT2D eigenvalue weighted by Crippen LogP contribution is -2.34. The quantitative estimate of drug-likeness (QED) is 0.517. The van der Waals surface area contributed by atoms with E-state index in [4.69, 9.17) is 16.3 Å². The van der Waals surface area contributed by atoms with E-state index in [2.05, 4.69) is 20.6 Å². The maximum absolute atomic E-state index is 13.0. The van der Waals surface area contributed by atoms with Crippen LogP contribution in [0.5, 0.6) is 5.88 Å². The molecule has 1 aliphatic heterocycles. The Morgan fingerprint density at radius 1 is 1.29 bits per heavy atom. The minimum Gasteiger partial charge on any atom is -0.470 e. The van der Waals surface area contributed by atoms with Gasteiger partial charge in [-0.2, -0.15) is 0 Å². The van der Waals surface area contributed by atoms with E-state index in [0.717, 1.165) is 6.92 Å². The maximum Gasteiger partial charge on any atom is 0.278 e. The molecule has 1 aliphatic rings. The molecule has 2 aromatic heterocycles. The summed E-state index contributed by atoms with van der Waals surface area (Å²) in [5.74, 6) is -4.12. The standard InChI is InChI=1S/C22H24ClF2N5O4/c1-12(14-8-17(23)20(29-9-14)34-11-22(3,24)25)30-10-16-15(21(30)33)4-5-27-18(16)19(32)28-7-6-26-13(2)31/h4-5,8-9,12H,6-7,10-11H2,1-3H3,(H,26,31)(H,28,32). The highest BCUT2D eigenvalue weighted by atomic mass is 35.5. The molecule has 12 heteroatoms. The van der Waals surface area contributed by atoms with Crippen molar-refractivity contribution in [1.29, 1.82) is 0 Å². The van der Waals surface area contributed by atoms with Crippen LogP contribution in [-0.2, 0) is 11.3 Å². The number of carbonyl (C=O) groups excluding carboxylic acids is 3. The molecular formula is C22H24ClF2N5O4. The molecule has 0 saturated carbocycles. The van der Waals surface area contributed by atoms with Crippen LogP contribution in [0.15, 0.2) is 24.5 Å². The minimum absolute atomic E-state index is 0.0404. The molecule has 0 spiro atoms. The van der Waals surface area contributed by atoms with Gasteiger partial charge in [0.1, 0.15) is 10.7 Å². The Bertz CT molecular complexity index is 1110. The Balaban J connectivity index is 1.73. The average molecular weight is 496 g/mol. The van der Waals surface area contributed by atoms with Crippen molar-refractivity contribution < 1.29 is 27.9 Å². The average Bonchev–Trinajstić information content (AvgIpc) is 3.11. The summed E-state index contributed by atoms with van der Waals surface area (Å²) in [4.78, 5) is 46.3. The molecule has 0 fully saturated rings. The first-order valence-corrected chi connectivity index (χ1v) is 10.8. The van der Waals surface area contributed by atoms with Crippen molar-refractivity contribution in [2.24, 2.45) is 0 Å². The van der Waals surface area contributed by atoms with E-state index in [1.165, 1.54) is 30.3 Å². The Morgan fingerprint density at radius 3 is 2.65 bits per heavy atom. The number of alkyl halides is 2. The van der Waals surface area contributed by atoms with Crippen molar-refractivity contribution in [2.75, 3.05) is 19.7 Å². The van der Waals surface area contributed by atoms with E-state index in [-0.39, 0.29) is 48.0 Å². The number of fused-ring (bicyclic) bond motifs is 1. The number of pyridine rings is 2. The molecule has 0 radical (unpaired) electrons. The number of nitrogens with one attached hydrogen (secondary N) is 2. The lowest BCUT2D eigenvalue weighted by molar-refractivity contribution is -0.118. The third-order valence-corrected chi connectivity index (χ3v) is 5.39. The molecule has 0 saturated heterocycles. The van der Waals surface area contributed by atoms with Crippen LogP contribution in [0.3, 0.4) is 0 Å². The van der Waals surface area contributed by atoms with Crippen molar-refractivity contribution in [3.8, 4) is 5.88 Å². The molecule has 1 unspecified atom stereocenters. The van der Waals surface area contributed by atoms with Crippen molar-refractivity contribution in [3.63, 3.8) is 0 Å². The summed E-state index contributed by atoms with van der Waals surface area (Å²) in [5.41, 5.74) is 1.54. The number of ether oxygens (including phenoxy) is 1. The molecule has 182 valence electrons. The Hall–Kier alpha value is -3.34. The molecule has 34 heavy (non-hydrogen) atoms. The molecule has 0 bridgehead atoms. The van der Waals surface area contributed by atoms with Gasteiger partial charge in [0.25, 0.3) is 17.7 Å². The van der Waals surface area contributed by atoms with E-state index < -0.39 is 24.5 Å². The monoisotopic (exact) mass is 495 g/mol. The second-order valence-electron chi connectivity index (χ2n) is 7.95. The van der Waals surface area contributed by atoms with Crippen molar-refractivity contribution in [2.45, 2.75) is 39.3 Å².